The Labute approximate surface area is 125 Å². The van der Waals surface area contributed by atoms with Gasteiger partial charge in [-0.1, -0.05) is 22.9 Å². The molecule has 0 bridgehead atoms. The first kappa shape index (κ1) is 15.6. The van der Waals surface area contributed by atoms with Gasteiger partial charge in [0.05, 0.1) is 5.56 Å². The number of hydrogen-bond acceptors (Lipinski definition) is 2. The molecular weight excluding hydrogens is 333 g/mol. The fraction of sp³-hybridized carbons (Fsp3) is 0.571. The van der Waals surface area contributed by atoms with Crippen LogP contribution in [-0.2, 0) is 6.18 Å². The van der Waals surface area contributed by atoms with Gasteiger partial charge in [-0.05, 0) is 44.1 Å². The minimum absolute atomic E-state index is 0.0686. The van der Waals surface area contributed by atoms with Crippen LogP contribution in [0.25, 0.3) is 0 Å². The summed E-state index contributed by atoms with van der Waals surface area (Å²) in [6.45, 7) is 4.82. The number of alkyl halides is 3. The van der Waals surface area contributed by atoms with Crippen LogP contribution in [-0.4, -0.2) is 30.6 Å². The summed E-state index contributed by atoms with van der Waals surface area (Å²) in [5.74, 6) is 0. The Bertz CT molecular complexity index is 462. The second-order valence-corrected chi connectivity index (χ2v) is 5.98. The molecule has 1 aromatic rings. The highest BCUT2D eigenvalue weighted by Crippen LogP contribution is 2.37. The van der Waals surface area contributed by atoms with Gasteiger partial charge in [-0.3, -0.25) is 0 Å². The highest BCUT2D eigenvalue weighted by molar-refractivity contribution is 9.10. The second-order valence-electron chi connectivity index (χ2n) is 5.06. The summed E-state index contributed by atoms with van der Waals surface area (Å²) in [7, 11) is 0. The molecule has 0 aromatic heterocycles. The number of piperidine rings is 1. The number of hydrogen-bond donors (Lipinski definition) is 1. The zero-order valence-corrected chi connectivity index (χ0v) is 12.9. The minimum atomic E-state index is -4.33. The summed E-state index contributed by atoms with van der Waals surface area (Å²) in [4.78, 5) is 2.26. The molecule has 0 amide bonds. The zero-order valence-electron chi connectivity index (χ0n) is 11.3. The van der Waals surface area contributed by atoms with Crippen LogP contribution in [0, 0.1) is 0 Å². The van der Waals surface area contributed by atoms with Crippen molar-refractivity contribution in [3.8, 4) is 0 Å². The monoisotopic (exact) mass is 350 g/mol. The van der Waals surface area contributed by atoms with E-state index in [1.807, 2.05) is 0 Å². The molecule has 1 aliphatic rings. The van der Waals surface area contributed by atoms with Crippen LogP contribution in [0.3, 0.4) is 0 Å². The molecule has 1 fully saturated rings. The fourth-order valence-corrected chi connectivity index (χ4v) is 2.92. The Balaban J connectivity index is 2.17. The summed E-state index contributed by atoms with van der Waals surface area (Å²) in [5.41, 5.74) is -0.441. The van der Waals surface area contributed by atoms with Crippen molar-refractivity contribution in [1.29, 1.82) is 0 Å². The molecule has 1 heterocycles. The maximum absolute atomic E-state index is 13.0. The number of likely N-dealkylation sites (tertiary alicyclic amines) is 1. The first-order valence-corrected chi connectivity index (χ1v) is 7.55. The number of benzene rings is 1. The van der Waals surface area contributed by atoms with Gasteiger partial charge >= 0.3 is 6.18 Å². The van der Waals surface area contributed by atoms with Crippen LogP contribution in [0.2, 0.25) is 0 Å². The summed E-state index contributed by atoms with van der Waals surface area (Å²) >= 11 is 3.24. The number of likely N-dealkylation sites (N-methyl/N-ethyl adjacent to an activating group) is 1. The summed E-state index contributed by atoms with van der Waals surface area (Å²) < 4.78 is 39.7. The van der Waals surface area contributed by atoms with E-state index in [0.29, 0.717) is 4.47 Å². The van der Waals surface area contributed by atoms with Crippen molar-refractivity contribution in [2.75, 3.05) is 25.0 Å². The lowest BCUT2D eigenvalue weighted by atomic mass is 10.0. The number of halogens is 4. The van der Waals surface area contributed by atoms with Gasteiger partial charge in [0.2, 0.25) is 0 Å². The van der Waals surface area contributed by atoms with Crippen molar-refractivity contribution in [3.05, 3.63) is 28.2 Å². The molecule has 1 saturated heterocycles. The molecule has 1 atom stereocenters. The predicted octanol–water partition coefficient (Wildman–Crippen LogP) is 4.36. The van der Waals surface area contributed by atoms with Crippen LogP contribution in [0.4, 0.5) is 18.9 Å². The van der Waals surface area contributed by atoms with Crippen LogP contribution in [0.5, 0.6) is 0 Å². The van der Waals surface area contributed by atoms with E-state index in [2.05, 4.69) is 33.1 Å². The molecular formula is C14H18BrF3N2. The predicted molar refractivity (Wildman–Crippen MR) is 77.9 cm³/mol. The van der Waals surface area contributed by atoms with E-state index in [1.54, 1.807) is 0 Å². The molecule has 2 nitrogen and oxygen atoms in total. The van der Waals surface area contributed by atoms with E-state index in [1.165, 1.54) is 12.1 Å². The van der Waals surface area contributed by atoms with Crippen LogP contribution in [0.1, 0.15) is 25.3 Å². The SMILES string of the molecule is CCN1CCCC(Nc2cc(Br)ccc2C(F)(F)F)C1. The van der Waals surface area contributed by atoms with Crippen molar-refractivity contribution in [1.82, 2.24) is 4.90 Å². The lowest BCUT2D eigenvalue weighted by molar-refractivity contribution is -0.137. The van der Waals surface area contributed by atoms with E-state index in [0.717, 1.165) is 38.5 Å². The Morgan fingerprint density at radius 2 is 2.15 bits per heavy atom. The van der Waals surface area contributed by atoms with Gasteiger partial charge in [-0.25, -0.2) is 0 Å². The Morgan fingerprint density at radius 1 is 1.40 bits per heavy atom. The first-order chi connectivity index (χ1) is 9.40. The maximum atomic E-state index is 13.0. The molecule has 0 aliphatic carbocycles. The van der Waals surface area contributed by atoms with Gasteiger partial charge in [0, 0.05) is 22.7 Å². The number of anilines is 1. The standard InChI is InChI=1S/C14H18BrF3N2/c1-2-20-7-3-4-11(9-20)19-13-8-10(15)5-6-12(13)14(16,17)18/h5-6,8,11,19H,2-4,7,9H2,1H3. The summed E-state index contributed by atoms with van der Waals surface area (Å²) in [6.07, 6.45) is -2.41. The minimum Gasteiger partial charge on any atom is -0.380 e. The maximum Gasteiger partial charge on any atom is 0.418 e. The van der Waals surface area contributed by atoms with Gasteiger partial charge in [0.1, 0.15) is 0 Å². The normalized spacial score (nSPS) is 20.9. The second kappa shape index (κ2) is 6.35. The molecule has 1 aromatic carbocycles. The third-order valence-electron chi connectivity index (χ3n) is 3.60. The Morgan fingerprint density at radius 3 is 2.80 bits per heavy atom. The Kier molecular flexibility index (Phi) is 4.96. The van der Waals surface area contributed by atoms with E-state index < -0.39 is 11.7 Å². The highest BCUT2D eigenvalue weighted by atomic mass is 79.9. The van der Waals surface area contributed by atoms with Crippen LogP contribution >= 0.6 is 15.9 Å². The van der Waals surface area contributed by atoms with Gasteiger partial charge in [-0.2, -0.15) is 13.2 Å². The number of rotatable bonds is 3. The smallest absolute Gasteiger partial charge is 0.380 e. The molecule has 0 spiro atoms. The molecule has 1 N–H and O–H groups in total. The molecule has 2 rings (SSSR count). The fourth-order valence-electron chi connectivity index (χ4n) is 2.56. The number of nitrogens with one attached hydrogen (secondary N) is 1. The zero-order chi connectivity index (χ0) is 14.8. The highest BCUT2D eigenvalue weighted by Gasteiger charge is 2.34. The van der Waals surface area contributed by atoms with E-state index >= 15 is 0 Å². The van der Waals surface area contributed by atoms with Crippen LogP contribution < -0.4 is 5.32 Å². The van der Waals surface area contributed by atoms with E-state index in [-0.39, 0.29) is 11.7 Å². The lowest BCUT2D eigenvalue weighted by Crippen LogP contribution is -2.42. The number of nitrogens with zero attached hydrogens (tertiary/aromatic N) is 1. The topological polar surface area (TPSA) is 15.3 Å². The average Bonchev–Trinajstić information content (AvgIpc) is 2.37. The molecule has 20 heavy (non-hydrogen) atoms. The van der Waals surface area contributed by atoms with Crippen molar-refractivity contribution in [2.45, 2.75) is 32.0 Å². The first-order valence-electron chi connectivity index (χ1n) is 6.75. The quantitative estimate of drug-likeness (QED) is 0.870. The van der Waals surface area contributed by atoms with E-state index in [4.69, 9.17) is 0 Å². The molecule has 0 radical (unpaired) electrons. The van der Waals surface area contributed by atoms with Crippen LogP contribution in [0.15, 0.2) is 22.7 Å². The summed E-state index contributed by atoms with van der Waals surface area (Å²) in [5, 5.41) is 3.07. The van der Waals surface area contributed by atoms with Crippen molar-refractivity contribution < 1.29 is 13.2 Å². The largest absolute Gasteiger partial charge is 0.418 e. The van der Waals surface area contributed by atoms with Crippen molar-refractivity contribution >= 4 is 21.6 Å². The molecule has 1 aliphatic heterocycles. The van der Waals surface area contributed by atoms with Gasteiger partial charge in [0.25, 0.3) is 0 Å². The molecule has 6 heteroatoms. The van der Waals surface area contributed by atoms with Gasteiger partial charge in [-0.15, -0.1) is 0 Å². The third kappa shape index (κ3) is 3.88. The van der Waals surface area contributed by atoms with E-state index in [9.17, 15) is 13.2 Å². The van der Waals surface area contributed by atoms with Crippen molar-refractivity contribution in [3.63, 3.8) is 0 Å². The Hall–Kier alpha value is -0.750. The molecule has 1 unspecified atom stereocenters. The van der Waals surface area contributed by atoms with Crippen molar-refractivity contribution in [2.24, 2.45) is 0 Å². The van der Waals surface area contributed by atoms with Gasteiger partial charge < -0.3 is 10.2 Å². The summed E-state index contributed by atoms with van der Waals surface area (Å²) in [6, 6.07) is 4.12. The average molecular weight is 351 g/mol. The van der Waals surface area contributed by atoms with Gasteiger partial charge in [0.15, 0.2) is 0 Å². The lowest BCUT2D eigenvalue weighted by Gasteiger charge is -2.33. The third-order valence-corrected chi connectivity index (χ3v) is 4.09. The molecule has 0 saturated carbocycles. The molecule has 112 valence electrons.